The Kier molecular flexibility index (Phi) is 5.24. The number of hydrogen-bond acceptors (Lipinski definition) is 7. The lowest BCUT2D eigenvalue weighted by Crippen LogP contribution is -2.49. The zero-order chi connectivity index (χ0) is 19.3. The van der Waals surface area contributed by atoms with Gasteiger partial charge in [0.1, 0.15) is 18.8 Å². The summed E-state index contributed by atoms with van der Waals surface area (Å²) in [5.41, 5.74) is 0.188. The Morgan fingerprint density at radius 1 is 1.14 bits per heavy atom. The molecule has 0 unspecified atom stereocenters. The van der Waals surface area contributed by atoms with Crippen molar-refractivity contribution in [3.05, 3.63) is 42.4 Å². The maximum absolute atomic E-state index is 12.5. The van der Waals surface area contributed by atoms with Gasteiger partial charge in [0.15, 0.2) is 11.5 Å². The van der Waals surface area contributed by atoms with Gasteiger partial charge in [0, 0.05) is 18.4 Å². The van der Waals surface area contributed by atoms with E-state index in [1.165, 1.54) is 12.4 Å². The number of carbonyl (C=O) groups is 1. The van der Waals surface area contributed by atoms with Crippen LogP contribution in [0.3, 0.4) is 0 Å². The van der Waals surface area contributed by atoms with E-state index in [0.717, 1.165) is 25.7 Å². The monoisotopic (exact) mass is 380 g/mol. The Morgan fingerprint density at radius 2 is 1.89 bits per heavy atom. The first-order chi connectivity index (χ1) is 13.7. The number of ether oxygens (including phenoxy) is 3. The number of amides is 1. The molecule has 0 spiro atoms. The van der Waals surface area contributed by atoms with Gasteiger partial charge in [-0.2, -0.15) is 5.26 Å². The zero-order valence-electron chi connectivity index (χ0n) is 15.2. The molecular weight excluding hydrogens is 360 g/mol. The first-order valence-corrected chi connectivity index (χ1v) is 9.29. The molecule has 4 rings (SSSR count). The molecule has 1 saturated carbocycles. The third-order valence-corrected chi connectivity index (χ3v) is 4.87. The van der Waals surface area contributed by atoms with E-state index in [1.807, 2.05) is 24.3 Å². The fourth-order valence-electron chi connectivity index (χ4n) is 3.41. The molecule has 144 valence electrons. The molecule has 1 fully saturated rings. The van der Waals surface area contributed by atoms with E-state index < -0.39 is 6.10 Å². The summed E-state index contributed by atoms with van der Waals surface area (Å²) in [6.45, 7) is 0.199. The molecule has 1 aliphatic heterocycles. The van der Waals surface area contributed by atoms with Gasteiger partial charge in [0.2, 0.25) is 11.8 Å². The molecular formula is C20H20N4O4. The average molecular weight is 380 g/mol. The van der Waals surface area contributed by atoms with Gasteiger partial charge in [0.05, 0.1) is 0 Å². The van der Waals surface area contributed by atoms with E-state index >= 15 is 0 Å². The van der Waals surface area contributed by atoms with Gasteiger partial charge in [-0.15, -0.1) is 0 Å². The molecule has 1 N–H and O–H groups in total. The summed E-state index contributed by atoms with van der Waals surface area (Å²) >= 11 is 0. The molecule has 0 saturated heterocycles. The second kappa shape index (κ2) is 8.13. The van der Waals surface area contributed by atoms with E-state index in [2.05, 4.69) is 15.3 Å². The molecule has 1 amide bonds. The number of benzene rings is 1. The van der Waals surface area contributed by atoms with E-state index in [-0.39, 0.29) is 36.2 Å². The van der Waals surface area contributed by atoms with Gasteiger partial charge in [-0.25, -0.2) is 9.97 Å². The van der Waals surface area contributed by atoms with Gasteiger partial charge in [-0.3, -0.25) is 4.79 Å². The summed E-state index contributed by atoms with van der Waals surface area (Å²) in [6.07, 6.45) is 5.36. The Balaban J connectivity index is 1.27. The second-order valence-corrected chi connectivity index (χ2v) is 6.79. The maximum atomic E-state index is 12.5. The molecule has 2 heterocycles. The maximum Gasteiger partial charge on any atom is 0.264 e. The minimum absolute atomic E-state index is 0.0434. The minimum atomic E-state index is -0.651. The van der Waals surface area contributed by atoms with Crippen LogP contribution in [0.5, 0.6) is 17.4 Å². The lowest BCUT2D eigenvalue weighted by Gasteiger charge is -2.31. The van der Waals surface area contributed by atoms with Gasteiger partial charge in [-0.1, -0.05) is 12.1 Å². The van der Waals surface area contributed by atoms with Crippen LogP contribution in [0.4, 0.5) is 0 Å². The third kappa shape index (κ3) is 3.98. The van der Waals surface area contributed by atoms with Crippen LogP contribution in [0.25, 0.3) is 0 Å². The average Bonchev–Trinajstić information content (AvgIpc) is 2.75. The van der Waals surface area contributed by atoms with Crippen molar-refractivity contribution in [3.8, 4) is 23.4 Å². The van der Waals surface area contributed by atoms with Crippen molar-refractivity contribution >= 4 is 5.91 Å². The molecule has 8 nitrogen and oxygen atoms in total. The number of hydrogen-bond donors (Lipinski definition) is 1. The van der Waals surface area contributed by atoms with Crippen LogP contribution in [-0.2, 0) is 4.79 Å². The summed E-state index contributed by atoms with van der Waals surface area (Å²) in [4.78, 5) is 20.6. The summed E-state index contributed by atoms with van der Waals surface area (Å²) in [5, 5.41) is 12.1. The second-order valence-electron chi connectivity index (χ2n) is 6.79. The van der Waals surface area contributed by atoms with Crippen LogP contribution >= 0.6 is 0 Å². The zero-order valence-corrected chi connectivity index (χ0v) is 15.2. The predicted octanol–water partition coefficient (Wildman–Crippen LogP) is 1.99. The fraction of sp³-hybridized carbons (Fsp3) is 0.400. The largest absolute Gasteiger partial charge is 0.485 e. The number of carbonyl (C=O) groups excluding carboxylic acids is 1. The number of nitrogens with one attached hydrogen (secondary N) is 1. The SMILES string of the molecule is N#Cc1nccnc1OC1CCC(NC(=O)[C@H]2COc3ccccc3O2)CC1. The normalized spacial score (nSPS) is 23.3. The topological polar surface area (TPSA) is 106 Å². The minimum Gasteiger partial charge on any atom is -0.485 e. The van der Waals surface area contributed by atoms with Crippen molar-refractivity contribution in [1.82, 2.24) is 15.3 Å². The third-order valence-electron chi connectivity index (χ3n) is 4.87. The van der Waals surface area contributed by atoms with E-state index in [0.29, 0.717) is 11.5 Å². The van der Waals surface area contributed by atoms with E-state index in [9.17, 15) is 4.79 Å². The molecule has 1 atom stereocenters. The van der Waals surface area contributed by atoms with Crippen LogP contribution in [0, 0.1) is 11.3 Å². The van der Waals surface area contributed by atoms with Crippen molar-refractivity contribution in [2.45, 2.75) is 43.9 Å². The number of nitrogens with zero attached hydrogens (tertiary/aromatic N) is 3. The molecule has 1 aromatic heterocycles. The number of fused-ring (bicyclic) bond motifs is 1. The molecule has 2 aliphatic rings. The summed E-state index contributed by atoms with van der Waals surface area (Å²) in [5.74, 6) is 1.34. The van der Waals surface area contributed by atoms with E-state index in [1.54, 1.807) is 6.07 Å². The van der Waals surface area contributed by atoms with Crippen LogP contribution in [0.1, 0.15) is 31.4 Å². The molecule has 1 aromatic carbocycles. The number of aromatic nitrogens is 2. The van der Waals surface area contributed by atoms with Gasteiger partial charge >= 0.3 is 0 Å². The molecule has 0 radical (unpaired) electrons. The van der Waals surface area contributed by atoms with Crippen molar-refractivity contribution < 1.29 is 19.0 Å². The lowest BCUT2D eigenvalue weighted by atomic mass is 9.92. The highest BCUT2D eigenvalue weighted by molar-refractivity contribution is 5.82. The first-order valence-electron chi connectivity index (χ1n) is 9.29. The predicted molar refractivity (Wildman–Crippen MR) is 97.9 cm³/mol. The molecule has 2 aromatic rings. The summed E-state index contributed by atoms with van der Waals surface area (Å²) in [6, 6.07) is 9.36. The molecule has 28 heavy (non-hydrogen) atoms. The first kappa shape index (κ1) is 18.0. The highest BCUT2D eigenvalue weighted by Crippen LogP contribution is 2.31. The highest BCUT2D eigenvalue weighted by atomic mass is 16.6. The summed E-state index contributed by atoms with van der Waals surface area (Å²) in [7, 11) is 0. The van der Waals surface area contributed by atoms with Gasteiger partial charge in [0.25, 0.3) is 11.8 Å². The van der Waals surface area contributed by atoms with Crippen LogP contribution in [-0.4, -0.2) is 40.7 Å². The smallest absolute Gasteiger partial charge is 0.264 e. The lowest BCUT2D eigenvalue weighted by molar-refractivity contribution is -0.131. The number of para-hydroxylation sites is 2. The van der Waals surface area contributed by atoms with Gasteiger partial charge in [-0.05, 0) is 37.8 Å². The Bertz CT molecular complexity index is 890. The number of nitriles is 1. The van der Waals surface area contributed by atoms with Crippen molar-refractivity contribution in [3.63, 3.8) is 0 Å². The molecule has 8 heteroatoms. The summed E-state index contributed by atoms with van der Waals surface area (Å²) < 4.78 is 17.2. The van der Waals surface area contributed by atoms with Crippen LogP contribution in [0.2, 0.25) is 0 Å². The fourth-order valence-corrected chi connectivity index (χ4v) is 3.41. The quantitative estimate of drug-likeness (QED) is 0.864. The van der Waals surface area contributed by atoms with Crippen molar-refractivity contribution in [1.29, 1.82) is 5.26 Å². The van der Waals surface area contributed by atoms with E-state index in [4.69, 9.17) is 19.5 Å². The highest BCUT2D eigenvalue weighted by Gasteiger charge is 2.31. The molecule has 0 bridgehead atoms. The van der Waals surface area contributed by atoms with Crippen molar-refractivity contribution in [2.75, 3.05) is 6.61 Å². The molecule has 1 aliphatic carbocycles. The van der Waals surface area contributed by atoms with Crippen LogP contribution < -0.4 is 19.5 Å². The number of rotatable bonds is 4. The van der Waals surface area contributed by atoms with Crippen LogP contribution in [0.15, 0.2) is 36.7 Å². The van der Waals surface area contributed by atoms with Crippen molar-refractivity contribution in [2.24, 2.45) is 0 Å². The van der Waals surface area contributed by atoms with Gasteiger partial charge < -0.3 is 19.5 Å². The Labute approximate surface area is 162 Å². The standard InChI is InChI=1S/C20H20N4O4/c21-11-15-20(23-10-9-22-15)27-14-7-5-13(6-8-14)24-19(25)18-12-26-16-3-1-2-4-17(16)28-18/h1-4,9-10,13-14,18H,5-8,12H2,(H,24,25)/t13?,14?,18-/m1/s1. The Hall–Kier alpha value is -3.34. The Morgan fingerprint density at radius 3 is 2.68 bits per heavy atom.